The highest BCUT2D eigenvalue weighted by Gasteiger charge is 2.28. The third-order valence-corrected chi connectivity index (χ3v) is 3.11. The first-order valence-electron chi connectivity index (χ1n) is 5.60. The minimum atomic E-state index is -0.899. The van der Waals surface area contributed by atoms with E-state index < -0.39 is 5.60 Å². The van der Waals surface area contributed by atoms with E-state index in [1.165, 1.54) is 19.3 Å². The van der Waals surface area contributed by atoms with Crippen molar-refractivity contribution in [3.8, 4) is 0 Å². The highest BCUT2D eigenvalue weighted by atomic mass is 16.4. The van der Waals surface area contributed by atoms with Crippen molar-refractivity contribution >= 4 is 0 Å². The average molecular weight is 209 g/mol. The maximum atomic E-state index is 10.2. The number of hydrogen-bond donors (Lipinski definition) is 2. The van der Waals surface area contributed by atoms with Gasteiger partial charge in [0, 0.05) is 12.6 Å². The summed E-state index contributed by atoms with van der Waals surface area (Å²) >= 11 is 0. The molecule has 1 aromatic rings. The molecule has 2 rings (SSSR count). The Hall–Kier alpha value is -0.800. The van der Waals surface area contributed by atoms with E-state index in [1.54, 1.807) is 6.92 Å². The third kappa shape index (κ3) is 2.41. The fourth-order valence-electron chi connectivity index (χ4n) is 1.77. The third-order valence-electron chi connectivity index (χ3n) is 3.11. The van der Waals surface area contributed by atoms with E-state index in [1.807, 2.05) is 19.1 Å². The smallest absolute Gasteiger partial charge is 0.136 e. The molecule has 1 aliphatic rings. The van der Waals surface area contributed by atoms with E-state index >= 15 is 0 Å². The molecule has 1 atom stereocenters. The molecule has 0 spiro atoms. The summed E-state index contributed by atoms with van der Waals surface area (Å²) in [6, 6.07) is 4.32. The van der Waals surface area contributed by atoms with Crippen molar-refractivity contribution in [3.63, 3.8) is 0 Å². The van der Waals surface area contributed by atoms with E-state index in [4.69, 9.17) is 4.42 Å². The number of hydrogen-bond acceptors (Lipinski definition) is 3. The number of aryl methyl sites for hydroxylation is 1. The molecule has 0 saturated heterocycles. The Bertz CT molecular complexity index is 326. The molecule has 15 heavy (non-hydrogen) atoms. The molecule has 84 valence electrons. The average Bonchev–Trinajstić information content (AvgIpc) is 2.49. The van der Waals surface area contributed by atoms with Crippen LogP contribution >= 0.6 is 0 Å². The molecule has 0 amide bonds. The molecule has 2 N–H and O–H groups in total. The van der Waals surface area contributed by atoms with Crippen LogP contribution in [0.3, 0.4) is 0 Å². The van der Waals surface area contributed by atoms with Crippen molar-refractivity contribution in [2.24, 2.45) is 0 Å². The summed E-state index contributed by atoms with van der Waals surface area (Å²) in [5.74, 6) is 1.49. The second kappa shape index (κ2) is 3.99. The molecule has 1 aromatic heterocycles. The first-order valence-corrected chi connectivity index (χ1v) is 5.60. The van der Waals surface area contributed by atoms with Crippen LogP contribution < -0.4 is 5.32 Å². The topological polar surface area (TPSA) is 45.4 Å². The lowest BCUT2D eigenvalue weighted by molar-refractivity contribution is 0.0280. The summed E-state index contributed by atoms with van der Waals surface area (Å²) in [4.78, 5) is 0. The van der Waals surface area contributed by atoms with Crippen molar-refractivity contribution in [2.75, 3.05) is 6.54 Å². The number of aliphatic hydroxyl groups is 1. The maximum Gasteiger partial charge on any atom is 0.136 e. The van der Waals surface area contributed by atoms with Gasteiger partial charge in [-0.25, -0.2) is 0 Å². The lowest BCUT2D eigenvalue weighted by Crippen LogP contribution is -2.43. The van der Waals surface area contributed by atoms with Gasteiger partial charge in [-0.2, -0.15) is 0 Å². The molecular formula is C12H19NO2. The fraction of sp³-hybridized carbons (Fsp3) is 0.667. The van der Waals surface area contributed by atoms with Crippen LogP contribution in [0.15, 0.2) is 16.5 Å². The van der Waals surface area contributed by atoms with Crippen LogP contribution in [0.4, 0.5) is 0 Å². The van der Waals surface area contributed by atoms with Gasteiger partial charge in [-0.3, -0.25) is 0 Å². The molecule has 1 aliphatic carbocycles. The van der Waals surface area contributed by atoms with Gasteiger partial charge in [0.2, 0.25) is 0 Å². The quantitative estimate of drug-likeness (QED) is 0.796. The molecule has 1 fully saturated rings. The van der Waals surface area contributed by atoms with Gasteiger partial charge >= 0.3 is 0 Å². The molecule has 0 aliphatic heterocycles. The van der Waals surface area contributed by atoms with Gasteiger partial charge in [0.1, 0.15) is 17.1 Å². The van der Waals surface area contributed by atoms with E-state index in [0.717, 1.165) is 5.76 Å². The van der Waals surface area contributed by atoms with Gasteiger partial charge in [0.15, 0.2) is 0 Å². The minimum absolute atomic E-state index is 0.560. The molecule has 3 heteroatoms. The number of rotatable bonds is 4. The van der Waals surface area contributed by atoms with Crippen LogP contribution in [0.2, 0.25) is 0 Å². The Morgan fingerprint density at radius 3 is 2.73 bits per heavy atom. The Labute approximate surface area is 90.5 Å². The van der Waals surface area contributed by atoms with Crippen LogP contribution in [-0.4, -0.2) is 17.7 Å². The zero-order chi connectivity index (χ0) is 10.9. The monoisotopic (exact) mass is 209 g/mol. The predicted molar refractivity (Wildman–Crippen MR) is 58.7 cm³/mol. The minimum Gasteiger partial charge on any atom is -0.463 e. The molecule has 3 nitrogen and oxygen atoms in total. The van der Waals surface area contributed by atoms with E-state index in [2.05, 4.69) is 5.32 Å². The molecule has 0 radical (unpaired) electrons. The molecule has 0 bridgehead atoms. The van der Waals surface area contributed by atoms with Gasteiger partial charge in [-0.05, 0) is 38.8 Å². The van der Waals surface area contributed by atoms with E-state index in [0.29, 0.717) is 18.3 Å². The molecule has 1 heterocycles. The molecule has 0 aromatic carbocycles. The summed E-state index contributed by atoms with van der Waals surface area (Å²) < 4.78 is 5.44. The summed E-state index contributed by atoms with van der Waals surface area (Å²) in [7, 11) is 0. The summed E-state index contributed by atoms with van der Waals surface area (Å²) in [5, 5.41) is 13.6. The molecule has 1 saturated carbocycles. The van der Waals surface area contributed by atoms with Crippen LogP contribution in [-0.2, 0) is 5.60 Å². The zero-order valence-electron chi connectivity index (χ0n) is 9.42. The normalized spacial score (nSPS) is 21.0. The largest absolute Gasteiger partial charge is 0.463 e. The Balaban J connectivity index is 1.92. The molecule has 1 unspecified atom stereocenters. The van der Waals surface area contributed by atoms with Crippen molar-refractivity contribution < 1.29 is 9.52 Å². The Morgan fingerprint density at radius 2 is 2.27 bits per heavy atom. The van der Waals surface area contributed by atoms with Crippen molar-refractivity contribution in [2.45, 2.75) is 44.8 Å². The number of furan rings is 1. The second-order valence-electron chi connectivity index (χ2n) is 4.69. The van der Waals surface area contributed by atoms with Crippen LogP contribution in [0.5, 0.6) is 0 Å². The van der Waals surface area contributed by atoms with Crippen molar-refractivity contribution in [3.05, 3.63) is 23.7 Å². The first-order chi connectivity index (χ1) is 7.08. The van der Waals surface area contributed by atoms with Crippen LogP contribution in [0.1, 0.15) is 37.7 Å². The zero-order valence-corrected chi connectivity index (χ0v) is 9.42. The van der Waals surface area contributed by atoms with E-state index in [-0.39, 0.29) is 0 Å². The molecular weight excluding hydrogens is 190 g/mol. The predicted octanol–water partition coefficient (Wildman–Crippen LogP) is 1.94. The van der Waals surface area contributed by atoms with Gasteiger partial charge < -0.3 is 14.8 Å². The van der Waals surface area contributed by atoms with Gasteiger partial charge in [-0.1, -0.05) is 6.42 Å². The SMILES string of the molecule is Cc1ccc(C(C)(O)CNC2CCC2)o1. The maximum absolute atomic E-state index is 10.2. The fourth-order valence-corrected chi connectivity index (χ4v) is 1.77. The number of nitrogens with one attached hydrogen (secondary N) is 1. The van der Waals surface area contributed by atoms with Gasteiger partial charge in [0.25, 0.3) is 0 Å². The van der Waals surface area contributed by atoms with Crippen LogP contribution in [0, 0.1) is 6.92 Å². The van der Waals surface area contributed by atoms with Crippen LogP contribution in [0.25, 0.3) is 0 Å². The summed E-state index contributed by atoms with van der Waals surface area (Å²) in [6.45, 7) is 4.24. The lowest BCUT2D eigenvalue weighted by Gasteiger charge is -2.30. The highest BCUT2D eigenvalue weighted by Crippen LogP contribution is 2.24. The summed E-state index contributed by atoms with van der Waals surface area (Å²) in [6.07, 6.45) is 3.76. The first kappa shape index (κ1) is 10.7. The lowest BCUT2D eigenvalue weighted by atomic mass is 9.92. The Kier molecular flexibility index (Phi) is 2.85. The Morgan fingerprint density at radius 1 is 1.53 bits per heavy atom. The van der Waals surface area contributed by atoms with E-state index in [9.17, 15) is 5.11 Å². The standard InChI is InChI=1S/C12H19NO2/c1-9-6-7-11(15-9)12(2,14)8-13-10-4-3-5-10/h6-7,10,13-14H,3-5,8H2,1-2H3. The highest BCUT2D eigenvalue weighted by molar-refractivity contribution is 5.13. The van der Waals surface area contributed by atoms with Gasteiger partial charge in [0.05, 0.1) is 0 Å². The summed E-state index contributed by atoms with van der Waals surface area (Å²) in [5.41, 5.74) is -0.899. The van der Waals surface area contributed by atoms with Crippen molar-refractivity contribution in [1.29, 1.82) is 0 Å². The second-order valence-corrected chi connectivity index (χ2v) is 4.69. The van der Waals surface area contributed by atoms with Crippen molar-refractivity contribution in [1.82, 2.24) is 5.32 Å². The van der Waals surface area contributed by atoms with Gasteiger partial charge in [-0.15, -0.1) is 0 Å².